The van der Waals surface area contributed by atoms with Crippen LogP contribution in [-0.2, 0) is 39.3 Å². The average Bonchev–Trinajstić information content (AvgIpc) is 3.13. The average molecular weight is 633 g/mol. The fourth-order valence-electron chi connectivity index (χ4n) is 5.60. The summed E-state index contributed by atoms with van der Waals surface area (Å²) in [6, 6.07) is 34.6. The lowest BCUT2D eigenvalue weighted by Gasteiger charge is -2.04. The Morgan fingerprint density at radius 1 is 0.333 bits per heavy atom. The highest BCUT2D eigenvalue weighted by atomic mass is 15.3. The Bertz CT molecular complexity index is 1820. The molecule has 0 radical (unpaired) electrons. The molecule has 0 amide bonds. The molecule has 8 heteroatoms. The van der Waals surface area contributed by atoms with E-state index in [1.54, 1.807) is 0 Å². The van der Waals surface area contributed by atoms with Crippen LogP contribution in [0.25, 0.3) is 0 Å². The molecule has 236 valence electrons. The number of aromatic nitrogens is 4. The summed E-state index contributed by atoms with van der Waals surface area (Å²) < 4.78 is 8.76. The highest BCUT2D eigenvalue weighted by Crippen LogP contribution is 2.07. The maximum Gasteiger partial charge on any atom is 0.173 e. The van der Waals surface area contributed by atoms with Crippen LogP contribution in [0.3, 0.4) is 0 Å². The summed E-state index contributed by atoms with van der Waals surface area (Å²) in [7, 11) is 0. The molecule has 14 heterocycles. The molecule has 6 aromatic rings. The highest BCUT2D eigenvalue weighted by Gasteiger charge is 2.08. The molecule has 8 nitrogen and oxygen atoms in total. The molecule has 16 rings (SSSR count). The van der Waals surface area contributed by atoms with Gasteiger partial charge in [-0.15, -0.1) is 0 Å². The zero-order valence-corrected chi connectivity index (χ0v) is 26.9. The lowest BCUT2D eigenvalue weighted by Crippen LogP contribution is -2.34. The van der Waals surface area contributed by atoms with Crippen molar-refractivity contribution in [2.24, 2.45) is 10.2 Å². The van der Waals surface area contributed by atoms with E-state index in [4.69, 9.17) is 0 Å². The van der Waals surface area contributed by atoms with E-state index in [-0.39, 0.29) is 0 Å². The van der Waals surface area contributed by atoms with Gasteiger partial charge in [-0.2, -0.15) is 10.2 Å². The number of nitrogens with zero attached hydrogens (tertiary/aromatic N) is 6. The number of hydrogen-bond donors (Lipinski definition) is 2. The summed E-state index contributed by atoms with van der Waals surface area (Å²) in [6.07, 6.45) is 20.6. The van der Waals surface area contributed by atoms with Gasteiger partial charge < -0.3 is 10.9 Å². The molecule has 10 aliphatic rings. The summed E-state index contributed by atoms with van der Waals surface area (Å²) in [5, 5.41) is 8.88. The maximum absolute atomic E-state index is 4.44. The molecule has 2 N–H and O–H groups in total. The van der Waals surface area contributed by atoms with E-state index in [1.807, 2.05) is 12.4 Å². The number of rotatable bonds is 0. The summed E-state index contributed by atoms with van der Waals surface area (Å²) >= 11 is 0. The standard InChI is InChI=1S/C40H38N8/c1-2-38-4-3-37(1)29-45-17-9-33(10-18-45)25-41-43-27-35-13-21-47(22-14-35)31-39-5-7-40(8-6-39)32-48-23-15-36(16-24-48)28-44-42-26-34-11-19-46(30-38)20-12-34/h1-26H,27-32H2/q+2/p+2. The molecule has 0 spiro atoms. The molecule has 0 unspecified atom stereocenters. The minimum Gasteiger partial charge on any atom is -0.306 e. The van der Waals surface area contributed by atoms with E-state index in [0.717, 1.165) is 37.3 Å². The molecule has 2 aromatic carbocycles. The van der Waals surface area contributed by atoms with Crippen LogP contribution < -0.4 is 29.1 Å². The minimum atomic E-state index is 0.668. The second-order valence-corrected chi connectivity index (χ2v) is 12.2. The molecule has 10 aliphatic heterocycles. The van der Waals surface area contributed by atoms with Crippen molar-refractivity contribution in [2.45, 2.75) is 39.3 Å². The Balaban J connectivity index is 1.04. The normalized spacial score (nSPS) is 13.5. The van der Waals surface area contributed by atoms with E-state index >= 15 is 0 Å². The van der Waals surface area contributed by atoms with Gasteiger partial charge in [-0.05, 0) is 11.1 Å². The molecular formula is C40H40N8+4. The van der Waals surface area contributed by atoms with Crippen molar-refractivity contribution in [2.75, 3.05) is 0 Å². The minimum absolute atomic E-state index is 0.668. The number of benzene rings is 2. The van der Waals surface area contributed by atoms with Crippen molar-refractivity contribution < 1.29 is 18.3 Å². The van der Waals surface area contributed by atoms with Gasteiger partial charge in [0.2, 0.25) is 0 Å². The van der Waals surface area contributed by atoms with Crippen LogP contribution in [0.1, 0.15) is 44.5 Å². The molecule has 12 bridgehead atoms. The van der Waals surface area contributed by atoms with Crippen LogP contribution in [-0.4, -0.2) is 12.4 Å². The largest absolute Gasteiger partial charge is 0.306 e. The predicted octanol–water partition coefficient (Wildman–Crippen LogP) is 3.59. The van der Waals surface area contributed by atoms with Gasteiger partial charge in [0, 0.05) is 81.9 Å². The highest BCUT2D eigenvalue weighted by molar-refractivity contribution is 5.79. The zero-order chi connectivity index (χ0) is 32.4. The van der Waals surface area contributed by atoms with Crippen LogP contribution >= 0.6 is 0 Å². The first-order valence-electron chi connectivity index (χ1n) is 16.3. The van der Waals surface area contributed by atoms with E-state index in [0.29, 0.717) is 13.1 Å². The predicted molar refractivity (Wildman–Crippen MR) is 185 cm³/mol. The molecule has 0 fully saturated rings. The lowest BCUT2D eigenvalue weighted by molar-refractivity contribution is -0.689. The molecule has 48 heavy (non-hydrogen) atoms. The lowest BCUT2D eigenvalue weighted by atomic mass is 10.1. The van der Waals surface area contributed by atoms with Gasteiger partial charge in [-0.25, -0.2) is 18.3 Å². The van der Waals surface area contributed by atoms with Crippen molar-refractivity contribution in [3.8, 4) is 0 Å². The van der Waals surface area contributed by atoms with Crippen LogP contribution in [0.15, 0.2) is 157 Å². The molecule has 0 atom stereocenters. The second-order valence-electron chi connectivity index (χ2n) is 12.2. The summed E-state index contributed by atoms with van der Waals surface area (Å²) in [4.78, 5) is 0. The maximum atomic E-state index is 4.44. The second kappa shape index (κ2) is 15.0. The first-order valence-corrected chi connectivity index (χ1v) is 16.3. The van der Waals surface area contributed by atoms with Gasteiger partial charge >= 0.3 is 0 Å². The summed E-state index contributed by atoms with van der Waals surface area (Å²) in [5.74, 6) is 0. The Morgan fingerprint density at radius 3 is 0.896 bits per heavy atom. The van der Waals surface area contributed by atoms with Crippen molar-refractivity contribution in [3.63, 3.8) is 0 Å². The van der Waals surface area contributed by atoms with Gasteiger partial charge in [-0.1, -0.05) is 48.5 Å². The molecule has 0 saturated carbocycles. The Morgan fingerprint density at radius 2 is 0.604 bits per heavy atom. The van der Waals surface area contributed by atoms with Crippen LogP contribution in [0.4, 0.5) is 0 Å². The number of nitrogens with one attached hydrogen (secondary N) is 2. The summed E-state index contributed by atoms with van der Waals surface area (Å²) in [6.45, 7) is 4.62. The van der Waals surface area contributed by atoms with Crippen LogP contribution in [0.5, 0.6) is 0 Å². The molecule has 4 aromatic heterocycles. The van der Waals surface area contributed by atoms with Gasteiger partial charge in [0.05, 0.1) is 25.5 Å². The van der Waals surface area contributed by atoms with E-state index < -0.39 is 0 Å². The zero-order valence-electron chi connectivity index (χ0n) is 26.9. The van der Waals surface area contributed by atoms with Gasteiger partial charge in [-0.3, -0.25) is 0 Å². The Labute approximate surface area is 281 Å². The summed E-state index contributed by atoms with van der Waals surface area (Å²) in [5.41, 5.74) is 15.9. The van der Waals surface area contributed by atoms with Crippen LogP contribution in [0, 0.1) is 0 Å². The first kappa shape index (κ1) is 30.6. The fraction of sp³-hybridized carbons (Fsp3) is 0.150. The third-order valence-corrected chi connectivity index (χ3v) is 8.44. The van der Waals surface area contributed by atoms with E-state index in [2.05, 4.69) is 186 Å². The van der Waals surface area contributed by atoms with Crippen molar-refractivity contribution in [3.05, 3.63) is 191 Å². The number of hydrazone groups is 2. The van der Waals surface area contributed by atoms with E-state index in [9.17, 15) is 0 Å². The fourth-order valence-corrected chi connectivity index (χ4v) is 5.60. The Kier molecular flexibility index (Phi) is 9.60. The topological polar surface area (TPSA) is 64.3 Å². The van der Waals surface area contributed by atoms with Gasteiger partial charge in [0.1, 0.15) is 0 Å². The number of pyridine rings is 4. The van der Waals surface area contributed by atoms with Gasteiger partial charge in [0.25, 0.3) is 0 Å². The van der Waals surface area contributed by atoms with E-state index in [1.165, 1.54) is 33.4 Å². The van der Waals surface area contributed by atoms with Crippen molar-refractivity contribution in [1.82, 2.24) is 10.9 Å². The van der Waals surface area contributed by atoms with Crippen LogP contribution in [0.2, 0.25) is 0 Å². The molecular weight excluding hydrogens is 592 g/mol. The smallest absolute Gasteiger partial charge is 0.173 e. The first-order chi connectivity index (χ1) is 23.7. The van der Waals surface area contributed by atoms with Gasteiger partial charge in [0.15, 0.2) is 75.8 Å². The Hall–Kier alpha value is -6.02. The molecule has 0 aliphatic carbocycles. The SMILES string of the molecule is C1=NNCc2cc[n+](cc2)Cc2ccc(cc2)C[n+]2ccc(cc2)CNN=Cc2cc[n+](cc2)Cc2ccc(cc2)C[n+]2ccc1cc2. The third kappa shape index (κ3) is 8.61. The van der Waals surface area contributed by atoms with Crippen molar-refractivity contribution in [1.29, 1.82) is 0 Å². The van der Waals surface area contributed by atoms with Crippen molar-refractivity contribution >= 4 is 12.4 Å². The quantitative estimate of drug-likeness (QED) is 0.252. The third-order valence-electron chi connectivity index (χ3n) is 8.44. The number of hydrogen-bond acceptors (Lipinski definition) is 4. The molecule has 0 saturated heterocycles. The monoisotopic (exact) mass is 632 g/mol.